The van der Waals surface area contributed by atoms with Gasteiger partial charge in [0, 0.05) is 23.8 Å². The van der Waals surface area contributed by atoms with Crippen molar-refractivity contribution in [2.45, 2.75) is 19.5 Å². The van der Waals surface area contributed by atoms with Crippen LogP contribution in [0.4, 0.5) is 0 Å². The molecule has 17 heavy (non-hydrogen) atoms. The van der Waals surface area contributed by atoms with E-state index in [0.29, 0.717) is 6.54 Å². The summed E-state index contributed by atoms with van der Waals surface area (Å²) >= 11 is 5.85. The Hall–Kier alpha value is -1.45. The van der Waals surface area contributed by atoms with Crippen molar-refractivity contribution in [1.29, 1.82) is 0 Å². The van der Waals surface area contributed by atoms with E-state index in [1.54, 1.807) is 6.20 Å². The van der Waals surface area contributed by atoms with Gasteiger partial charge in [0.15, 0.2) is 0 Å². The van der Waals surface area contributed by atoms with Crippen LogP contribution in [0.15, 0.2) is 42.6 Å². The smallest absolute Gasteiger partial charge is 0.0769 e. The van der Waals surface area contributed by atoms with Gasteiger partial charge in [-0.3, -0.25) is 0 Å². The summed E-state index contributed by atoms with van der Waals surface area (Å²) in [5.41, 5.74) is 2.15. The first kappa shape index (κ1) is 12.0. The van der Waals surface area contributed by atoms with Crippen molar-refractivity contribution >= 4 is 11.6 Å². The van der Waals surface area contributed by atoms with E-state index in [-0.39, 0.29) is 6.04 Å². The van der Waals surface area contributed by atoms with E-state index in [1.165, 1.54) is 5.56 Å². The van der Waals surface area contributed by atoms with Crippen LogP contribution in [-0.2, 0) is 6.54 Å². The van der Waals surface area contributed by atoms with Gasteiger partial charge in [-0.25, -0.2) is 0 Å². The Morgan fingerprint density at radius 1 is 1.24 bits per heavy atom. The Morgan fingerprint density at radius 3 is 2.65 bits per heavy atom. The second kappa shape index (κ2) is 5.75. The molecular formula is C13H14ClN3. The molecule has 2 rings (SSSR count). The first-order valence-corrected chi connectivity index (χ1v) is 5.89. The van der Waals surface area contributed by atoms with Gasteiger partial charge in [-0.05, 0) is 36.8 Å². The maximum absolute atomic E-state index is 5.85. The third kappa shape index (κ3) is 3.51. The van der Waals surface area contributed by atoms with Crippen LogP contribution < -0.4 is 5.32 Å². The summed E-state index contributed by atoms with van der Waals surface area (Å²) in [5, 5.41) is 12.0. The molecule has 0 aliphatic heterocycles. The Bertz CT molecular complexity index is 456. The molecule has 1 N–H and O–H groups in total. The zero-order valence-electron chi connectivity index (χ0n) is 9.60. The highest BCUT2D eigenvalue weighted by Crippen LogP contribution is 2.16. The van der Waals surface area contributed by atoms with Crippen LogP contribution in [0.2, 0.25) is 5.02 Å². The van der Waals surface area contributed by atoms with Crippen LogP contribution in [-0.4, -0.2) is 10.2 Å². The van der Waals surface area contributed by atoms with Gasteiger partial charge in [-0.15, -0.1) is 0 Å². The predicted molar refractivity (Wildman–Crippen MR) is 68.7 cm³/mol. The molecule has 0 saturated heterocycles. The quantitative estimate of drug-likeness (QED) is 0.903. The molecule has 0 aliphatic carbocycles. The fourth-order valence-electron chi connectivity index (χ4n) is 1.55. The SMILES string of the molecule is CC(NCc1cccnn1)c1ccc(Cl)cc1. The third-order valence-corrected chi connectivity index (χ3v) is 2.84. The number of halogens is 1. The molecule has 1 aromatic carbocycles. The molecule has 0 amide bonds. The van der Waals surface area contributed by atoms with Crippen LogP contribution in [0.25, 0.3) is 0 Å². The fourth-order valence-corrected chi connectivity index (χ4v) is 1.68. The lowest BCUT2D eigenvalue weighted by Crippen LogP contribution is -2.18. The summed E-state index contributed by atoms with van der Waals surface area (Å²) in [6.45, 7) is 2.82. The normalized spacial score (nSPS) is 12.4. The highest BCUT2D eigenvalue weighted by molar-refractivity contribution is 6.30. The van der Waals surface area contributed by atoms with E-state index >= 15 is 0 Å². The van der Waals surface area contributed by atoms with Crippen molar-refractivity contribution in [3.63, 3.8) is 0 Å². The fraction of sp³-hybridized carbons (Fsp3) is 0.231. The highest BCUT2D eigenvalue weighted by atomic mass is 35.5. The zero-order chi connectivity index (χ0) is 12.1. The minimum absolute atomic E-state index is 0.259. The van der Waals surface area contributed by atoms with Gasteiger partial charge in [-0.2, -0.15) is 10.2 Å². The Balaban J connectivity index is 1.93. The summed E-state index contributed by atoms with van der Waals surface area (Å²) in [7, 11) is 0. The molecule has 0 fully saturated rings. The number of rotatable bonds is 4. The maximum atomic E-state index is 5.85. The Kier molecular flexibility index (Phi) is 4.07. The standard InChI is InChI=1S/C13H14ClN3/c1-10(11-4-6-12(14)7-5-11)15-9-13-3-2-8-16-17-13/h2-8,10,15H,9H2,1H3. The third-order valence-electron chi connectivity index (χ3n) is 2.59. The van der Waals surface area contributed by atoms with Crippen LogP contribution in [0.1, 0.15) is 24.2 Å². The van der Waals surface area contributed by atoms with Gasteiger partial charge >= 0.3 is 0 Å². The van der Waals surface area contributed by atoms with Crippen molar-refractivity contribution in [3.8, 4) is 0 Å². The average molecular weight is 248 g/mol. The second-order valence-electron chi connectivity index (χ2n) is 3.87. The number of aromatic nitrogens is 2. The summed E-state index contributed by atoms with van der Waals surface area (Å²) in [5.74, 6) is 0. The number of benzene rings is 1. The largest absolute Gasteiger partial charge is 0.304 e. The van der Waals surface area contributed by atoms with Gasteiger partial charge in [0.1, 0.15) is 0 Å². The molecule has 3 nitrogen and oxygen atoms in total. The van der Waals surface area contributed by atoms with Gasteiger partial charge < -0.3 is 5.32 Å². The van der Waals surface area contributed by atoms with Gasteiger partial charge in [0.2, 0.25) is 0 Å². The molecule has 0 aliphatic rings. The van der Waals surface area contributed by atoms with E-state index in [0.717, 1.165) is 10.7 Å². The maximum Gasteiger partial charge on any atom is 0.0769 e. The van der Waals surface area contributed by atoms with Crippen molar-refractivity contribution < 1.29 is 0 Å². The van der Waals surface area contributed by atoms with Crippen molar-refractivity contribution in [2.75, 3.05) is 0 Å². The van der Waals surface area contributed by atoms with Crippen molar-refractivity contribution in [2.24, 2.45) is 0 Å². The molecule has 4 heteroatoms. The zero-order valence-corrected chi connectivity index (χ0v) is 10.4. The topological polar surface area (TPSA) is 37.8 Å². The van der Waals surface area contributed by atoms with Crippen LogP contribution in [0.5, 0.6) is 0 Å². The first-order valence-electron chi connectivity index (χ1n) is 5.51. The van der Waals surface area contributed by atoms with E-state index in [4.69, 9.17) is 11.6 Å². The van der Waals surface area contributed by atoms with Crippen LogP contribution >= 0.6 is 11.6 Å². The predicted octanol–water partition coefficient (Wildman–Crippen LogP) is 2.98. The molecule has 1 unspecified atom stereocenters. The molecule has 0 saturated carbocycles. The minimum atomic E-state index is 0.259. The minimum Gasteiger partial charge on any atom is -0.304 e. The van der Waals surface area contributed by atoms with Gasteiger partial charge in [-0.1, -0.05) is 23.7 Å². The molecule has 1 aromatic heterocycles. The lowest BCUT2D eigenvalue weighted by molar-refractivity contribution is 0.564. The summed E-state index contributed by atoms with van der Waals surface area (Å²) in [4.78, 5) is 0. The number of hydrogen-bond acceptors (Lipinski definition) is 3. The van der Waals surface area contributed by atoms with E-state index in [2.05, 4.69) is 22.4 Å². The summed E-state index contributed by atoms with van der Waals surface area (Å²) < 4.78 is 0. The molecule has 88 valence electrons. The molecule has 0 radical (unpaired) electrons. The lowest BCUT2D eigenvalue weighted by Gasteiger charge is -2.13. The van der Waals surface area contributed by atoms with E-state index < -0.39 is 0 Å². The number of nitrogens with zero attached hydrogens (tertiary/aromatic N) is 2. The monoisotopic (exact) mass is 247 g/mol. The Morgan fingerprint density at radius 2 is 2.00 bits per heavy atom. The highest BCUT2D eigenvalue weighted by Gasteiger charge is 2.04. The van der Waals surface area contributed by atoms with Gasteiger partial charge in [0.05, 0.1) is 5.69 Å². The van der Waals surface area contributed by atoms with Crippen molar-refractivity contribution in [3.05, 3.63) is 58.9 Å². The van der Waals surface area contributed by atoms with Crippen molar-refractivity contribution in [1.82, 2.24) is 15.5 Å². The molecular weight excluding hydrogens is 234 g/mol. The van der Waals surface area contributed by atoms with Gasteiger partial charge in [0.25, 0.3) is 0 Å². The van der Waals surface area contributed by atoms with E-state index in [1.807, 2.05) is 36.4 Å². The molecule has 2 aromatic rings. The Labute approximate surface area is 106 Å². The molecule has 1 heterocycles. The first-order chi connectivity index (χ1) is 8.25. The number of hydrogen-bond donors (Lipinski definition) is 1. The molecule has 0 spiro atoms. The van der Waals surface area contributed by atoms with Crippen LogP contribution in [0, 0.1) is 0 Å². The molecule has 1 atom stereocenters. The second-order valence-corrected chi connectivity index (χ2v) is 4.31. The van der Waals surface area contributed by atoms with Crippen LogP contribution in [0.3, 0.4) is 0 Å². The molecule has 0 bridgehead atoms. The lowest BCUT2D eigenvalue weighted by atomic mass is 10.1. The summed E-state index contributed by atoms with van der Waals surface area (Å²) in [6.07, 6.45) is 1.67. The van der Waals surface area contributed by atoms with E-state index in [9.17, 15) is 0 Å². The number of nitrogens with one attached hydrogen (secondary N) is 1. The summed E-state index contributed by atoms with van der Waals surface area (Å²) in [6, 6.07) is 11.9. The average Bonchev–Trinajstić information content (AvgIpc) is 2.38.